The van der Waals surface area contributed by atoms with Gasteiger partial charge in [-0.25, -0.2) is 13.1 Å². The van der Waals surface area contributed by atoms with Gasteiger partial charge in [-0.1, -0.05) is 6.92 Å². The predicted molar refractivity (Wildman–Crippen MR) is 57.7 cm³/mol. The summed E-state index contributed by atoms with van der Waals surface area (Å²) in [5.41, 5.74) is 5.40. The molecular formula is C8H14N2O2S2. The largest absolute Gasteiger partial charge is 0.326 e. The predicted octanol–water partition coefficient (Wildman–Crippen LogP) is 0.895. The zero-order valence-electron chi connectivity index (χ0n) is 7.99. The van der Waals surface area contributed by atoms with Gasteiger partial charge >= 0.3 is 0 Å². The third-order valence-electron chi connectivity index (χ3n) is 1.65. The van der Waals surface area contributed by atoms with E-state index in [-0.39, 0.29) is 0 Å². The van der Waals surface area contributed by atoms with Gasteiger partial charge in [-0.05, 0) is 18.6 Å². The lowest BCUT2D eigenvalue weighted by Crippen LogP contribution is -2.23. The molecule has 0 atom stereocenters. The Bertz CT molecular complexity index is 384. The highest BCUT2D eigenvalue weighted by Gasteiger charge is 2.14. The van der Waals surface area contributed by atoms with E-state index >= 15 is 0 Å². The maximum atomic E-state index is 11.6. The summed E-state index contributed by atoms with van der Waals surface area (Å²) in [6, 6.07) is 3.33. The van der Waals surface area contributed by atoms with Crippen LogP contribution in [0.2, 0.25) is 0 Å². The van der Waals surface area contributed by atoms with E-state index in [9.17, 15) is 8.42 Å². The van der Waals surface area contributed by atoms with Crippen molar-refractivity contribution >= 4 is 21.4 Å². The molecule has 0 bridgehead atoms. The van der Waals surface area contributed by atoms with E-state index in [4.69, 9.17) is 5.73 Å². The normalized spacial score (nSPS) is 11.9. The van der Waals surface area contributed by atoms with Crippen LogP contribution in [0.15, 0.2) is 16.3 Å². The lowest BCUT2D eigenvalue weighted by atomic mass is 10.5. The first-order chi connectivity index (χ1) is 6.60. The second-order valence-electron chi connectivity index (χ2n) is 2.82. The second-order valence-corrected chi connectivity index (χ2v) is 5.98. The van der Waals surface area contributed by atoms with Crippen molar-refractivity contribution in [2.24, 2.45) is 5.73 Å². The van der Waals surface area contributed by atoms with Gasteiger partial charge in [0, 0.05) is 18.0 Å². The van der Waals surface area contributed by atoms with Gasteiger partial charge in [-0.15, -0.1) is 11.3 Å². The Kier molecular flexibility index (Phi) is 4.06. The van der Waals surface area contributed by atoms with Gasteiger partial charge in [0.05, 0.1) is 0 Å². The van der Waals surface area contributed by atoms with E-state index in [0.717, 1.165) is 11.3 Å². The molecule has 0 radical (unpaired) electrons. The van der Waals surface area contributed by atoms with Crippen molar-refractivity contribution in [3.63, 3.8) is 0 Å². The quantitative estimate of drug-likeness (QED) is 0.795. The fourth-order valence-corrected chi connectivity index (χ4v) is 3.33. The first-order valence-corrected chi connectivity index (χ1v) is 6.68. The Labute approximate surface area is 88.2 Å². The minimum atomic E-state index is -3.30. The zero-order chi connectivity index (χ0) is 10.6. The number of rotatable bonds is 5. The number of hydrogen-bond donors (Lipinski definition) is 2. The van der Waals surface area contributed by atoms with Crippen LogP contribution in [0.3, 0.4) is 0 Å². The Morgan fingerprint density at radius 2 is 2.21 bits per heavy atom. The van der Waals surface area contributed by atoms with E-state index < -0.39 is 10.0 Å². The molecule has 1 heterocycles. The third kappa shape index (κ3) is 2.78. The fraction of sp³-hybridized carbons (Fsp3) is 0.500. The molecule has 0 spiro atoms. The highest BCUT2D eigenvalue weighted by Crippen LogP contribution is 2.20. The maximum absolute atomic E-state index is 11.6. The molecule has 0 aliphatic carbocycles. The van der Waals surface area contributed by atoms with Crippen molar-refractivity contribution < 1.29 is 8.42 Å². The smallest absolute Gasteiger partial charge is 0.250 e. The topological polar surface area (TPSA) is 72.2 Å². The molecule has 0 fully saturated rings. The molecule has 80 valence electrons. The number of sulfonamides is 1. The highest BCUT2D eigenvalue weighted by molar-refractivity contribution is 7.91. The Morgan fingerprint density at radius 3 is 2.71 bits per heavy atom. The zero-order valence-corrected chi connectivity index (χ0v) is 9.62. The number of thiophene rings is 1. The van der Waals surface area contributed by atoms with Crippen molar-refractivity contribution in [2.75, 3.05) is 6.54 Å². The summed E-state index contributed by atoms with van der Waals surface area (Å²) in [5.74, 6) is 0. The summed E-state index contributed by atoms with van der Waals surface area (Å²) in [4.78, 5) is 0.877. The summed E-state index contributed by atoms with van der Waals surface area (Å²) in [6.45, 7) is 2.77. The molecule has 0 unspecified atom stereocenters. The van der Waals surface area contributed by atoms with Crippen LogP contribution in [-0.4, -0.2) is 15.0 Å². The van der Waals surface area contributed by atoms with Crippen molar-refractivity contribution in [1.29, 1.82) is 0 Å². The van der Waals surface area contributed by atoms with E-state index in [0.29, 0.717) is 17.3 Å². The van der Waals surface area contributed by atoms with Crippen molar-refractivity contribution in [1.82, 2.24) is 4.72 Å². The van der Waals surface area contributed by atoms with Crippen LogP contribution in [-0.2, 0) is 16.6 Å². The number of nitrogens with one attached hydrogen (secondary N) is 1. The molecule has 14 heavy (non-hydrogen) atoms. The fourth-order valence-electron chi connectivity index (χ4n) is 0.920. The average molecular weight is 234 g/mol. The van der Waals surface area contributed by atoms with Crippen LogP contribution in [0, 0.1) is 0 Å². The second kappa shape index (κ2) is 4.88. The Balaban J connectivity index is 2.81. The third-order valence-corrected chi connectivity index (χ3v) is 4.71. The van der Waals surface area contributed by atoms with E-state index in [2.05, 4.69) is 4.72 Å². The maximum Gasteiger partial charge on any atom is 0.250 e. The van der Waals surface area contributed by atoms with Crippen LogP contribution >= 0.6 is 11.3 Å². The highest BCUT2D eigenvalue weighted by atomic mass is 32.2. The monoisotopic (exact) mass is 234 g/mol. The molecule has 0 saturated carbocycles. The molecule has 1 aromatic heterocycles. The number of hydrogen-bond acceptors (Lipinski definition) is 4. The van der Waals surface area contributed by atoms with Crippen molar-refractivity contribution in [2.45, 2.75) is 24.1 Å². The molecular weight excluding hydrogens is 220 g/mol. The Morgan fingerprint density at radius 1 is 1.50 bits per heavy atom. The lowest BCUT2D eigenvalue weighted by molar-refractivity contribution is 0.583. The van der Waals surface area contributed by atoms with Crippen molar-refractivity contribution in [3.8, 4) is 0 Å². The van der Waals surface area contributed by atoms with E-state index in [1.54, 1.807) is 12.1 Å². The van der Waals surface area contributed by atoms with Crippen LogP contribution < -0.4 is 10.5 Å². The minimum Gasteiger partial charge on any atom is -0.326 e. The van der Waals surface area contributed by atoms with Gasteiger partial charge in [0.25, 0.3) is 0 Å². The van der Waals surface area contributed by atoms with Crippen LogP contribution in [0.1, 0.15) is 18.2 Å². The van der Waals surface area contributed by atoms with Gasteiger partial charge in [0.1, 0.15) is 4.21 Å². The molecule has 4 nitrogen and oxygen atoms in total. The SMILES string of the molecule is CCCNS(=O)(=O)c1ccc(CN)s1. The van der Waals surface area contributed by atoms with Gasteiger partial charge in [-0.3, -0.25) is 0 Å². The van der Waals surface area contributed by atoms with Crippen molar-refractivity contribution in [3.05, 3.63) is 17.0 Å². The first kappa shape index (κ1) is 11.6. The average Bonchev–Trinajstić information content (AvgIpc) is 2.63. The van der Waals surface area contributed by atoms with E-state index in [1.165, 1.54) is 11.3 Å². The molecule has 1 rings (SSSR count). The first-order valence-electron chi connectivity index (χ1n) is 4.38. The summed E-state index contributed by atoms with van der Waals surface area (Å²) < 4.78 is 26.0. The summed E-state index contributed by atoms with van der Waals surface area (Å²) >= 11 is 1.21. The van der Waals surface area contributed by atoms with Gasteiger partial charge < -0.3 is 5.73 Å². The van der Waals surface area contributed by atoms with Crippen LogP contribution in [0.25, 0.3) is 0 Å². The summed E-state index contributed by atoms with van der Waals surface area (Å²) in [5, 5.41) is 0. The van der Waals surface area contributed by atoms with Crippen LogP contribution in [0.5, 0.6) is 0 Å². The van der Waals surface area contributed by atoms with Gasteiger partial charge in [0.15, 0.2) is 0 Å². The molecule has 3 N–H and O–H groups in total. The number of nitrogens with two attached hydrogens (primary N) is 1. The molecule has 0 aliphatic heterocycles. The molecule has 0 aliphatic rings. The lowest BCUT2D eigenvalue weighted by Gasteiger charge is -2.01. The molecule has 0 saturated heterocycles. The van der Waals surface area contributed by atoms with Gasteiger partial charge in [0.2, 0.25) is 10.0 Å². The standard InChI is InChI=1S/C8H14N2O2S2/c1-2-5-10-14(11,12)8-4-3-7(6-9)13-8/h3-4,10H,2,5-6,9H2,1H3. The van der Waals surface area contributed by atoms with Gasteiger partial charge in [-0.2, -0.15) is 0 Å². The minimum absolute atomic E-state index is 0.339. The summed E-state index contributed by atoms with van der Waals surface area (Å²) in [7, 11) is -3.30. The molecule has 0 amide bonds. The van der Waals surface area contributed by atoms with Crippen LogP contribution in [0.4, 0.5) is 0 Å². The summed E-state index contributed by atoms with van der Waals surface area (Å²) in [6.07, 6.45) is 0.786. The molecule has 0 aromatic carbocycles. The van der Waals surface area contributed by atoms with E-state index in [1.807, 2.05) is 6.92 Å². The molecule has 1 aromatic rings. The molecule has 6 heteroatoms. The Hall–Kier alpha value is -0.430.